The fourth-order valence-corrected chi connectivity index (χ4v) is 2.81. The van der Waals surface area contributed by atoms with Crippen molar-refractivity contribution in [2.75, 3.05) is 46.4 Å². The first kappa shape index (κ1) is 23.0. The van der Waals surface area contributed by atoms with Gasteiger partial charge in [0.05, 0.1) is 13.5 Å². The molecular weight excluding hydrogens is 344 g/mol. The number of methoxy groups -OCH3 is 1. The molecule has 0 aliphatic carbocycles. The average Bonchev–Trinajstić information content (AvgIpc) is 2.67. The van der Waals surface area contributed by atoms with E-state index in [0.29, 0.717) is 13.1 Å². The molecule has 0 saturated carbocycles. The van der Waals surface area contributed by atoms with Crippen LogP contribution >= 0.6 is 0 Å². The van der Waals surface area contributed by atoms with E-state index in [9.17, 15) is 9.59 Å². The van der Waals surface area contributed by atoms with E-state index in [1.54, 1.807) is 4.90 Å². The van der Waals surface area contributed by atoms with Gasteiger partial charge in [-0.25, -0.2) is 0 Å². The average molecular weight is 379 g/mol. The third kappa shape index (κ3) is 8.43. The monoisotopic (exact) mass is 378 g/mol. The molecule has 0 N–H and O–H groups in total. The topological polar surface area (TPSA) is 59.1 Å². The number of benzene rings is 1. The van der Waals surface area contributed by atoms with Gasteiger partial charge in [0.1, 0.15) is 5.75 Å². The summed E-state index contributed by atoms with van der Waals surface area (Å²) in [5.74, 6) is 0.297. The second-order valence-corrected chi connectivity index (χ2v) is 6.64. The molecule has 1 aromatic carbocycles. The smallest absolute Gasteiger partial charge is 0.307 e. The maximum absolute atomic E-state index is 12.7. The van der Waals surface area contributed by atoms with Crippen LogP contribution in [-0.4, -0.2) is 68.1 Å². The molecule has 0 unspecified atom stereocenters. The van der Waals surface area contributed by atoms with E-state index >= 15 is 0 Å². The quantitative estimate of drug-likeness (QED) is 0.524. The molecule has 152 valence electrons. The summed E-state index contributed by atoms with van der Waals surface area (Å²) >= 11 is 0. The zero-order valence-corrected chi connectivity index (χ0v) is 17.4. The van der Waals surface area contributed by atoms with Gasteiger partial charge in [-0.1, -0.05) is 26.0 Å². The number of hydrogen-bond acceptors (Lipinski definition) is 5. The van der Waals surface area contributed by atoms with Crippen molar-refractivity contribution < 1.29 is 19.1 Å². The molecule has 27 heavy (non-hydrogen) atoms. The SMILES string of the molecule is CCN(CC)CCCN(CCC(=O)OC)C(=O)COc1cc(C)ccc1C. The van der Waals surface area contributed by atoms with Crippen LogP contribution in [0.5, 0.6) is 5.75 Å². The zero-order valence-electron chi connectivity index (χ0n) is 17.4. The Bertz CT molecular complexity index is 600. The van der Waals surface area contributed by atoms with Gasteiger partial charge in [0.2, 0.25) is 0 Å². The number of carbonyl (C=O) groups excluding carboxylic acids is 2. The summed E-state index contributed by atoms with van der Waals surface area (Å²) in [7, 11) is 1.36. The Labute approximate surface area is 163 Å². The van der Waals surface area contributed by atoms with Crippen LogP contribution in [0.4, 0.5) is 0 Å². The Morgan fingerprint density at radius 1 is 1.04 bits per heavy atom. The van der Waals surface area contributed by atoms with Gasteiger partial charge < -0.3 is 19.3 Å². The molecular formula is C21H34N2O4. The molecule has 6 heteroatoms. The third-order valence-electron chi connectivity index (χ3n) is 4.66. The standard InChI is InChI=1S/C21H34N2O4/c1-6-22(7-2)12-8-13-23(14-11-21(25)26-5)20(24)16-27-19-15-17(3)9-10-18(19)4/h9-10,15H,6-8,11-14,16H2,1-5H3. The molecule has 1 aromatic rings. The number of hydrogen-bond donors (Lipinski definition) is 0. The number of carbonyl (C=O) groups is 2. The van der Waals surface area contributed by atoms with Gasteiger partial charge in [-0.15, -0.1) is 0 Å². The Hall–Kier alpha value is -2.08. The highest BCUT2D eigenvalue weighted by Gasteiger charge is 2.16. The van der Waals surface area contributed by atoms with Crippen LogP contribution in [0.2, 0.25) is 0 Å². The lowest BCUT2D eigenvalue weighted by atomic mass is 10.1. The van der Waals surface area contributed by atoms with Crippen molar-refractivity contribution in [3.63, 3.8) is 0 Å². The van der Waals surface area contributed by atoms with Crippen LogP contribution in [-0.2, 0) is 14.3 Å². The number of aryl methyl sites for hydroxylation is 2. The minimum absolute atomic E-state index is 0.0310. The molecule has 0 fully saturated rings. The highest BCUT2D eigenvalue weighted by Crippen LogP contribution is 2.19. The summed E-state index contributed by atoms with van der Waals surface area (Å²) in [6, 6.07) is 5.93. The van der Waals surface area contributed by atoms with Crippen molar-refractivity contribution >= 4 is 11.9 Å². The molecule has 0 saturated heterocycles. The maximum Gasteiger partial charge on any atom is 0.307 e. The molecule has 0 radical (unpaired) electrons. The first-order valence-corrected chi connectivity index (χ1v) is 9.68. The minimum atomic E-state index is -0.313. The van der Waals surface area contributed by atoms with Gasteiger partial charge in [-0.05, 0) is 57.1 Å². The normalized spacial score (nSPS) is 10.7. The highest BCUT2D eigenvalue weighted by molar-refractivity contribution is 5.78. The molecule has 1 amide bonds. The summed E-state index contributed by atoms with van der Waals surface area (Å²) < 4.78 is 10.4. The summed E-state index contributed by atoms with van der Waals surface area (Å²) in [4.78, 5) is 28.2. The highest BCUT2D eigenvalue weighted by atomic mass is 16.5. The first-order valence-electron chi connectivity index (χ1n) is 9.68. The number of ether oxygens (including phenoxy) is 2. The molecule has 0 aromatic heterocycles. The summed E-state index contributed by atoms with van der Waals surface area (Å²) in [6.07, 6.45) is 1.05. The van der Waals surface area contributed by atoms with E-state index in [0.717, 1.165) is 42.9 Å². The van der Waals surface area contributed by atoms with Crippen LogP contribution in [0, 0.1) is 13.8 Å². The maximum atomic E-state index is 12.7. The van der Waals surface area contributed by atoms with Crippen molar-refractivity contribution in [3.8, 4) is 5.75 Å². The van der Waals surface area contributed by atoms with Crippen molar-refractivity contribution in [1.29, 1.82) is 0 Å². The van der Waals surface area contributed by atoms with E-state index in [-0.39, 0.29) is 24.9 Å². The Balaban J connectivity index is 2.64. The predicted molar refractivity (Wildman–Crippen MR) is 107 cm³/mol. The predicted octanol–water partition coefficient (Wildman–Crippen LogP) is 2.81. The lowest BCUT2D eigenvalue weighted by Gasteiger charge is -2.25. The Morgan fingerprint density at radius 2 is 1.74 bits per heavy atom. The number of nitrogens with zero attached hydrogens (tertiary/aromatic N) is 2. The molecule has 6 nitrogen and oxygen atoms in total. The number of esters is 1. The number of amides is 1. The van der Waals surface area contributed by atoms with Crippen LogP contribution < -0.4 is 4.74 Å². The Kier molecular flexibility index (Phi) is 10.5. The molecule has 0 atom stereocenters. The van der Waals surface area contributed by atoms with Crippen LogP contribution in [0.1, 0.15) is 37.8 Å². The zero-order chi connectivity index (χ0) is 20.2. The molecule has 1 rings (SSSR count). The van der Waals surface area contributed by atoms with Crippen molar-refractivity contribution in [3.05, 3.63) is 29.3 Å². The third-order valence-corrected chi connectivity index (χ3v) is 4.66. The van der Waals surface area contributed by atoms with Gasteiger partial charge in [0.15, 0.2) is 6.61 Å². The van der Waals surface area contributed by atoms with Crippen molar-refractivity contribution in [1.82, 2.24) is 9.80 Å². The van der Waals surface area contributed by atoms with Gasteiger partial charge in [0, 0.05) is 13.1 Å². The van der Waals surface area contributed by atoms with E-state index < -0.39 is 0 Å². The largest absolute Gasteiger partial charge is 0.483 e. The first-order chi connectivity index (χ1) is 12.9. The molecule has 0 heterocycles. The summed E-state index contributed by atoms with van der Waals surface area (Å²) in [5.41, 5.74) is 2.08. The fourth-order valence-electron chi connectivity index (χ4n) is 2.81. The second kappa shape index (κ2) is 12.3. The lowest BCUT2D eigenvalue weighted by molar-refractivity contribution is -0.142. The molecule has 0 aliphatic heterocycles. The molecule has 0 bridgehead atoms. The second-order valence-electron chi connectivity index (χ2n) is 6.64. The lowest BCUT2D eigenvalue weighted by Crippen LogP contribution is -2.38. The van der Waals surface area contributed by atoms with Gasteiger partial charge >= 0.3 is 5.97 Å². The molecule has 0 aliphatic rings. The van der Waals surface area contributed by atoms with E-state index in [4.69, 9.17) is 9.47 Å². The van der Waals surface area contributed by atoms with Crippen LogP contribution in [0.15, 0.2) is 18.2 Å². The molecule has 0 spiro atoms. The van der Waals surface area contributed by atoms with Crippen molar-refractivity contribution in [2.24, 2.45) is 0 Å². The van der Waals surface area contributed by atoms with E-state index in [2.05, 4.69) is 18.7 Å². The van der Waals surface area contributed by atoms with Crippen molar-refractivity contribution in [2.45, 2.75) is 40.5 Å². The van der Waals surface area contributed by atoms with Gasteiger partial charge in [-0.3, -0.25) is 9.59 Å². The number of rotatable bonds is 12. The Morgan fingerprint density at radius 3 is 2.37 bits per heavy atom. The van der Waals surface area contributed by atoms with Crippen LogP contribution in [0.25, 0.3) is 0 Å². The van der Waals surface area contributed by atoms with Crippen LogP contribution in [0.3, 0.4) is 0 Å². The van der Waals surface area contributed by atoms with Gasteiger partial charge in [0.25, 0.3) is 5.91 Å². The van der Waals surface area contributed by atoms with Gasteiger partial charge in [-0.2, -0.15) is 0 Å². The summed E-state index contributed by atoms with van der Waals surface area (Å²) in [6.45, 7) is 12.0. The minimum Gasteiger partial charge on any atom is -0.483 e. The fraction of sp³-hybridized carbons (Fsp3) is 0.619. The van der Waals surface area contributed by atoms with E-state index in [1.807, 2.05) is 32.0 Å². The van der Waals surface area contributed by atoms with E-state index in [1.165, 1.54) is 7.11 Å². The summed E-state index contributed by atoms with van der Waals surface area (Å²) in [5, 5.41) is 0.